The van der Waals surface area contributed by atoms with Crippen LogP contribution in [-0.4, -0.2) is 74.4 Å². The highest BCUT2D eigenvalue weighted by atomic mass is 16.5. The van der Waals surface area contributed by atoms with Gasteiger partial charge in [-0.1, -0.05) is 17.7 Å². The topological polar surface area (TPSA) is 42.0 Å². The largest absolute Gasteiger partial charge is 0.379 e. The van der Waals surface area contributed by atoms with Crippen LogP contribution in [0.5, 0.6) is 0 Å². The van der Waals surface area contributed by atoms with Gasteiger partial charge in [0.25, 0.3) is 5.91 Å². The fourth-order valence-corrected chi connectivity index (χ4v) is 4.58. The van der Waals surface area contributed by atoms with Gasteiger partial charge in [0.15, 0.2) is 0 Å². The summed E-state index contributed by atoms with van der Waals surface area (Å²) in [6.07, 6.45) is 3.60. The summed E-state index contributed by atoms with van der Waals surface area (Å²) in [5.41, 5.74) is 2.23. The SMILES string of the molecule is Cc1cccc(C(=O)N2CCC3(CC2)CO[C@@H](CN2CCOCC2)C3)c1. The first-order valence-corrected chi connectivity index (χ1v) is 9.91. The van der Waals surface area contributed by atoms with Gasteiger partial charge in [0.2, 0.25) is 0 Å². The lowest BCUT2D eigenvalue weighted by Crippen LogP contribution is -2.44. The lowest BCUT2D eigenvalue weighted by molar-refractivity contribution is 0.00524. The van der Waals surface area contributed by atoms with Gasteiger partial charge in [-0.15, -0.1) is 0 Å². The third kappa shape index (κ3) is 3.95. The van der Waals surface area contributed by atoms with Gasteiger partial charge in [0.05, 0.1) is 25.9 Å². The summed E-state index contributed by atoms with van der Waals surface area (Å²) in [7, 11) is 0. The molecule has 3 fully saturated rings. The summed E-state index contributed by atoms with van der Waals surface area (Å²) < 4.78 is 11.6. The van der Waals surface area contributed by atoms with Crippen molar-refractivity contribution in [3.05, 3.63) is 35.4 Å². The number of ether oxygens (including phenoxy) is 2. The second-order valence-corrected chi connectivity index (χ2v) is 8.21. The van der Waals surface area contributed by atoms with E-state index in [1.165, 1.54) is 0 Å². The highest BCUT2D eigenvalue weighted by molar-refractivity contribution is 5.94. The molecule has 0 bridgehead atoms. The molecule has 26 heavy (non-hydrogen) atoms. The van der Waals surface area contributed by atoms with E-state index in [-0.39, 0.29) is 11.3 Å². The van der Waals surface area contributed by atoms with Gasteiger partial charge in [0.1, 0.15) is 0 Å². The predicted octanol–water partition coefficient (Wildman–Crippen LogP) is 2.34. The molecule has 1 spiro atoms. The van der Waals surface area contributed by atoms with Crippen LogP contribution in [0, 0.1) is 12.3 Å². The van der Waals surface area contributed by atoms with Crippen LogP contribution in [0.15, 0.2) is 24.3 Å². The molecule has 1 aromatic carbocycles. The molecule has 142 valence electrons. The smallest absolute Gasteiger partial charge is 0.253 e. The molecule has 3 saturated heterocycles. The maximum Gasteiger partial charge on any atom is 0.253 e. The summed E-state index contributed by atoms with van der Waals surface area (Å²) in [5, 5.41) is 0. The van der Waals surface area contributed by atoms with E-state index >= 15 is 0 Å². The average molecular weight is 358 g/mol. The Bertz CT molecular complexity index is 634. The van der Waals surface area contributed by atoms with Crippen molar-refractivity contribution in [1.29, 1.82) is 0 Å². The van der Waals surface area contributed by atoms with Crippen molar-refractivity contribution >= 4 is 5.91 Å². The van der Waals surface area contributed by atoms with E-state index in [1.54, 1.807) is 0 Å². The number of amides is 1. The number of aryl methyl sites for hydroxylation is 1. The molecule has 0 aromatic heterocycles. The van der Waals surface area contributed by atoms with Crippen LogP contribution in [-0.2, 0) is 9.47 Å². The molecule has 1 atom stereocenters. The van der Waals surface area contributed by atoms with Crippen LogP contribution >= 0.6 is 0 Å². The summed E-state index contributed by atoms with van der Waals surface area (Å²) >= 11 is 0. The Morgan fingerprint density at radius 1 is 1.19 bits per heavy atom. The zero-order chi connectivity index (χ0) is 18.0. The van der Waals surface area contributed by atoms with Crippen molar-refractivity contribution in [3.63, 3.8) is 0 Å². The lowest BCUT2D eigenvalue weighted by Gasteiger charge is -2.38. The molecule has 0 saturated carbocycles. The zero-order valence-electron chi connectivity index (χ0n) is 15.8. The molecule has 3 heterocycles. The van der Waals surface area contributed by atoms with E-state index in [9.17, 15) is 4.79 Å². The maximum absolute atomic E-state index is 12.8. The van der Waals surface area contributed by atoms with Crippen molar-refractivity contribution in [2.24, 2.45) is 5.41 Å². The maximum atomic E-state index is 12.8. The van der Waals surface area contributed by atoms with Crippen molar-refractivity contribution in [2.45, 2.75) is 32.3 Å². The number of hydrogen-bond donors (Lipinski definition) is 0. The Balaban J connectivity index is 1.30. The molecule has 0 aliphatic carbocycles. The highest BCUT2D eigenvalue weighted by Gasteiger charge is 2.43. The molecule has 1 amide bonds. The normalized spacial score (nSPS) is 26.3. The van der Waals surface area contributed by atoms with Crippen molar-refractivity contribution in [2.75, 3.05) is 52.5 Å². The first-order valence-electron chi connectivity index (χ1n) is 9.91. The highest BCUT2D eigenvalue weighted by Crippen LogP contribution is 2.42. The number of nitrogens with zero attached hydrogens (tertiary/aromatic N) is 2. The molecular formula is C21H30N2O3. The Labute approximate surface area is 156 Å². The molecule has 1 aromatic rings. The fraction of sp³-hybridized carbons (Fsp3) is 0.667. The molecule has 0 radical (unpaired) electrons. The number of morpholine rings is 1. The number of benzene rings is 1. The lowest BCUT2D eigenvalue weighted by atomic mass is 9.76. The van der Waals surface area contributed by atoms with Crippen molar-refractivity contribution in [3.8, 4) is 0 Å². The number of rotatable bonds is 3. The van der Waals surface area contributed by atoms with E-state index in [1.807, 2.05) is 36.1 Å². The van der Waals surface area contributed by atoms with E-state index in [2.05, 4.69) is 4.90 Å². The summed E-state index contributed by atoms with van der Waals surface area (Å²) in [4.78, 5) is 17.2. The number of carbonyl (C=O) groups excluding carboxylic acids is 1. The van der Waals surface area contributed by atoms with Gasteiger partial charge in [-0.05, 0) is 43.7 Å². The second kappa shape index (κ2) is 7.67. The van der Waals surface area contributed by atoms with E-state index in [0.29, 0.717) is 6.10 Å². The Kier molecular flexibility index (Phi) is 5.30. The van der Waals surface area contributed by atoms with Crippen molar-refractivity contribution in [1.82, 2.24) is 9.80 Å². The first-order chi connectivity index (χ1) is 12.6. The van der Waals surface area contributed by atoms with Gasteiger partial charge in [-0.3, -0.25) is 9.69 Å². The van der Waals surface area contributed by atoms with E-state index in [4.69, 9.17) is 9.47 Å². The van der Waals surface area contributed by atoms with Gasteiger partial charge >= 0.3 is 0 Å². The van der Waals surface area contributed by atoms with Crippen LogP contribution in [0.1, 0.15) is 35.2 Å². The third-order valence-corrected chi connectivity index (χ3v) is 6.23. The average Bonchev–Trinajstić information content (AvgIpc) is 3.05. The summed E-state index contributed by atoms with van der Waals surface area (Å²) in [6.45, 7) is 9.33. The fourth-order valence-electron chi connectivity index (χ4n) is 4.58. The van der Waals surface area contributed by atoms with Crippen LogP contribution in [0.4, 0.5) is 0 Å². The Hall–Kier alpha value is -1.43. The number of carbonyl (C=O) groups is 1. The number of piperidine rings is 1. The standard InChI is InChI=1S/C21H30N2O3/c1-17-3-2-4-18(13-17)20(24)23-7-5-21(6-8-23)14-19(26-16-21)15-22-9-11-25-12-10-22/h2-4,13,19H,5-12,14-16H2,1H3/t19-/m1/s1. The monoisotopic (exact) mass is 358 g/mol. The van der Waals surface area contributed by atoms with Crippen LogP contribution in [0.3, 0.4) is 0 Å². The predicted molar refractivity (Wildman–Crippen MR) is 100 cm³/mol. The molecule has 4 rings (SSSR count). The molecule has 0 N–H and O–H groups in total. The van der Waals surface area contributed by atoms with Gasteiger partial charge in [-0.2, -0.15) is 0 Å². The van der Waals surface area contributed by atoms with Crippen molar-refractivity contribution < 1.29 is 14.3 Å². The minimum atomic E-state index is 0.173. The Morgan fingerprint density at radius 2 is 1.96 bits per heavy atom. The molecule has 3 aliphatic heterocycles. The van der Waals surface area contributed by atoms with Gasteiger partial charge < -0.3 is 14.4 Å². The van der Waals surface area contributed by atoms with E-state index < -0.39 is 0 Å². The molecule has 5 heteroatoms. The van der Waals surface area contributed by atoms with Crippen LogP contribution in [0.25, 0.3) is 0 Å². The van der Waals surface area contributed by atoms with Crippen LogP contribution in [0.2, 0.25) is 0 Å². The zero-order valence-corrected chi connectivity index (χ0v) is 15.8. The quantitative estimate of drug-likeness (QED) is 0.832. The molecule has 5 nitrogen and oxygen atoms in total. The first kappa shape index (κ1) is 18.0. The minimum Gasteiger partial charge on any atom is -0.379 e. The third-order valence-electron chi connectivity index (χ3n) is 6.23. The van der Waals surface area contributed by atoms with Gasteiger partial charge in [-0.25, -0.2) is 0 Å². The molecular weight excluding hydrogens is 328 g/mol. The summed E-state index contributed by atoms with van der Waals surface area (Å²) in [6, 6.07) is 7.92. The number of likely N-dealkylation sites (tertiary alicyclic amines) is 1. The molecule has 0 unspecified atom stereocenters. The van der Waals surface area contributed by atoms with Gasteiger partial charge in [0, 0.05) is 38.3 Å². The van der Waals surface area contributed by atoms with Crippen LogP contribution < -0.4 is 0 Å². The molecule has 3 aliphatic rings. The van der Waals surface area contributed by atoms with E-state index in [0.717, 1.165) is 82.9 Å². The Morgan fingerprint density at radius 3 is 2.69 bits per heavy atom. The second-order valence-electron chi connectivity index (χ2n) is 8.21. The minimum absolute atomic E-state index is 0.173. The summed E-state index contributed by atoms with van der Waals surface area (Å²) in [5.74, 6) is 0.173. The number of hydrogen-bond acceptors (Lipinski definition) is 4.